The Labute approximate surface area is 420 Å². The number of methoxy groups -OCH3 is 6. The summed E-state index contributed by atoms with van der Waals surface area (Å²) in [4.78, 5) is 33.6. The molecule has 0 saturated carbocycles. The predicted octanol–water partition coefficient (Wildman–Crippen LogP) is 9.47. The number of likely N-dealkylation sites (tertiary alicyclic amines) is 1. The Bertz CT molecular complexity index is 2500. The number of nitrogens with one attached hydrogen (secondary N) is 1. The summed E-state index contributed by atoms with van der Waals surface area (Å²) in [6.07, 6.45) is 9.35. The monoisotopic (exact) mass is 1000 g/mol. The fourth-order valence-electron chi connectivity index (χ4n) is 9.66. The maximum Gasteiger partial charge on any atom is 0.254 e. The summed E-state index contributed by atoms with van der Waals surface area (Å²) in [5.74, 6) is -0.570. The average Bonchev–Trinajstić information content (AvgIpc) is 4.09. The standard InChI is InChI=1S/C30H38F2N2O5.C25H30F2N2O4/c1-20(14-21-7-8-23(31)17-26(21)32)18-33(19-25-6-5-11-34(25)24-9-12-39-13-10-24)30(35)22-15-27(36-2)29(38-4)28(16-22)37-3;1-16(10-17-7-8-19(26)13-21(17)27)14-29(15-20-6-5-9-28-20)25(30)18-11-22(31-2)24(33-4)23(12-18)32-3/h7-8,14-17,24-25H,5-6,9-13,18-19H2,1-4H3;7-8,10-13,20,28H,5-6,9,14-15H2,1-4H3/b20-14+;16-10+/t25-;/m0./s1. The molecule has 390 valence electrons. The maximum absolute atomic E-state index is 14.4. The van der Waals surface area contributed by atoms with E-state index in [0.29, 0.717) is 64.8 Å². The number of rotatable bonds is 19. The third kappa shape index (κ3) is 14.2. The highest BCUT2D eigenvalue weighted by atomic mass is 19.1. The van der Waals surface area contributed by atoms with E-state index in [4.69, 9.17) is 33.2 Å². The van der Waals surface area contributed by atoms with E-state index in [1.165, 1.54) is 66.9 Å². The largest absolute Gasteiger partial charge is 0.493 e. The van der Waals surface area contributed by atoms with Crippen molar-refractivity contribution in [3.8, 4) is 34.5 Å². The van der Waals surface area contributed by atoms with Gasteiger partial charge in [-0.3, -0.25) is 14.5 Å². The average molecular weight is 1010 g/mol. The SMILES string of the molecule is COc1cc(C(=O)N(C/C(C)=C/c2ccc(F)cc2F)CC2CCCN2)cc(OC)c1OC.COc1cc(C(=O)N(C/C(C)=C/c2ccc(F)cc2F)C[C@@H]2CCCN2C2CCOCC2)cc(OC)c1OC. The van der Waals surface area contributed by atoms with E-state index in [1.54, 1.807) is 46.2 Å². The number of amides is 2. The van der Waals surface area contributed by atoms with Crippen molar-refractivity contribution in [1.29, 1.82) is 0 Å². The molecule has 72 heavy (non-hydrogen) atoms. The van der Waals surface area contributed by atoms with Crippen LogP contribution in [0.2, 0.25) is 0 Å². The van der Waals surface area contributed by atoms with E-state index in [2.05, 4.69) is 10.2 Å². The van der Waals surface area contributed by atoms with Crippen molar-refractivity contribution in [3.05, 3.63) is 117 Å². The molecule has 2 atom stereocenters. The lowest BCUT2D eigenvalue weighted by Crippen LogP contribution is -2.48. The number of nitrogens with zero attached hydrogens (tertiary/aromatic N) is 3. The van der Waals surface area contributed by atoms with Crippen LogP contribution in [0.25, 0.3) is 12.2 Å². The summed E-state index contributed by atoms with van der Waals surface area (Å²) in [6.45, 7) is 8.67. The van der Waals surface area contributed by atoms with Gasteiger partial charge >= 0.3 is 0 Å². The lowest BCUT2D eigenvalue weighted by Gasteiger charge is -2.38. The van der Waals surface area contributed by atoms with Crippen molar-refractivity contribution in [2.75, 3.05) is 95.1 Å². The Kier molecular flexibility index (Phi) is 20.2. The smallest absolute Gasteiger partial charge is 0.254 e. The van der Waals surface area contributed by atoms with E-state index in [-0.39, 0.29) is 48.1 Å². The number of benzene rings is 4. The van der Waals surface area contributed by atoms with Gasteiger partial charge in [0.25, 0.3) is 11.8 Å². The molecule has 0 aliphatic carbocycles. The first-order valence-electron chi connectivity index (χ1n) is 24.2. The minimum Gasteiger partial charge on any atom is -0.493 e. The number of hydrogen-bond acceptors (Lipinski definition) is 11. The van der Waals surface area contributed by atoms with Gasteiger partial charge in [-0.05, 0) is 114 Å². The Hall–Kier alpha value is -6.30. The molecule has 2 amide bonds. The molecule has 3 aliphatic heterocycles. The Morgan fingerprint density at radius 3 is 1.49 bits per heavy atom. The topological polar surface area (TPSA) is 121 Å². The van der Waals surface area contributed by atoms with Crippen molar-refractivity contribution < 1.29 is 60.3 Å². The van der Waals surface area contributed by atoms with E-state index in [9.17, 15) is 27.2 Å². The van der Waals surface area contributed by atoms with Gasteiger partial charge in [-0.1, -0.05) is 23.3 Å². The Morgan fingerprint density at radius 1 is 0.625 bits per heavy atom. The molecule has 3 saturated heterocycles. The van der Waals surface area contributed by atoms with Crippen molar-refractivity contribution in [2.24, 2.45) is 0 Å². The van der Waals surface area contributed by atoms with Crippen LogP contribution >= 0.6 is 0 Å². The maximum atomic E-state index is 14.4. The summed E-state index contributed by atoms with van der Waals surface area (Å²) < 4.78 is 93.3. The highest BCUT2D eigenvalue weighted by Gasteiger charge is 2.34. The molecule has 13 nitrogen and oxygen atoms in total. The summed E-state index contributed by atoms with van der Waals surface area (Å²) in [5, 5.41) is 3.41. The first kappa shape index (κ1) is 55.0. The molecule has 0 spiro atoms. The molecule has 3 heterocycles. The van der Waals surface area contributed by atoms with Crippen molar-refractivity contribution in [2.45, 2.75) is 70.5 Å². The van der Waals surface area contributed by atoms with Gasteiger partial charge in [0.05, 0.1) is 42.7 Å². The molecule has 3 aliphatic rings. The molecule has 0 bridgehead atoms. The van der Waals surface area contributed by atoms with Crippen LogP contribution in [0.15, 0.2) is 71.8 Å². The van der Waals surface area contributed by atoms with Gasteiger partial charge in [0.2, 0.25) is 11.5 Å². The van der Waals surface area contributed by atoms with Gasteiger partial charge in [-0.2, -0.15) is 0 Å². The van der Waals surface area contributed by atoms with Crippen LogP contribution in [0.5, 0.6) is 34.5 Å². The summed E-state index contributed by atoms with van der Waals surface area (Å²) in [5.41, 5.74) is 2.88. The quantitative estimate of drug-likeness (QED) is 0.0905. The third-order valence-corrected chi connectivity index (χ3v) is 13.1. The molecule has 1 unspecified atom stereocenters. The molecule has 3 fully saturated rings. The predicted molar refractivity (Wildman–Crippen MR) is 269 cm³/mol. The van der Waals surface area contributed by atoms with Gasteiger partial charge in [0.15, 0.2) is 23.0 Å². The van der Waals surface area contributed by atoms with Crippen LogP contribution in [0, 0.1) is 23.3 Å². The molecule has 1 N–H and O–H groups in total. The second-order valence-electron chi connectivity index (χ2n) is 18.2. The van der Waals surface area contributed by atoms with Crippen LogP contribution in [-0.4, -0.2) is 140 Å². The van der Waals surface area contributed by atoms with Crippen molar-refractivity contribution in [1.82, 2.24) is 20.0 Å². The van der Waals surface area contributed by atoms with Crippen molar-refractivity contribution in [3.63, 3.8) is 0 Å². The van der Waals surface area contributed by atoms with Gasteiger partial charge < -0.3 is 48.3 Å². The second-order valence-corrected chi connectivity index (χ2v) is 18.2. The number of carbonyl (C=O) groups is 2. The normalized spacial score (nSPS) is 17.4. The fraction of sp³-hybridized carbons (Fsp3) is 0.455. The molecular weight excluding hydrogens is 937 g/mol. The van der Waals surface area contributed by atoms with Crippen molar-refractivity contribution >= 4 is 24.0 Å². The summed E-state index contributed by atoms with van der Waals surface area (Å²) in [7, 11) is 9.03. The molecule has 7 rings (SSSR count). The zero-order valence-corrected chi connectivity index (χ0v) is 42.6. The van der Waals surface area contributed by atoms with Crippen LogP contribution in [0.4, 0.5) is 17.6 Å². The van der Waals surface area contributed by atoms with E-state index < -0.39 is 23.3 Å². The summed E-state index contributed by atoms with van der Waals surface area (Å²) in [6, 6.07) is 14.3. The van der Waals surface area contributed by atoms with Crippen LogP contribution < -0.4 is 33.7 Å². The van der Waals surface area contributed by atoms with Gasteiger partial charge in [0, 0.05) is 91.9 Å². The molecular formula is C55H68F4N4O9. The number of halogens is 4. The van der Waals surface area contributed by atoms with Crippen LogP contribution in [0.3, 0.4) is 0 Å². The zero-order chi connectivity index (χ0) is 51.9. The molecule has 4 aromatic rings. The number of ether oxygens (including phenoxy) is 7. The van der Waals surface area contributed by atoms with Crippen LogP contribution in [-0.2, 0) is 4.74 Å². The lowest BCUT2D eigenvalue weighted by atomic mass is 10.0. The second kappa shape index (κ2) is 26.4. The third-order valence-electron chi connectivity index (χ3n) is 13.1. The Balaban J connectivity index is 0.000000239. The summed E-state index contributed by atoms with van der Waals surface area (Å²) >= 11 is 0. The van der Waals surface area contributed by atoms with E-state index in [0.717, 1.165) is 88.1 Å². The van der Waals surface area contributed by atoms with E-state index >= 15 is 0 Å². The minimum atomic E-state index is -0.644. The number of carbonyl (C=O) groups excluding carboxylic acids is 2. The zero-order valence-electron chi connectivity index (χ0n) is 42.6. The molecule has 0 radical (unpaired) electrons. The van der Waals surface area contributed by atoms with E-state index in [1.807, 2.05) is 13.8 Å². The molecule has 4 aromatic carbocycles. The number of hydrogen-bond donors (Lipinski definition) is 1. The molecule has 17 heteroatoms. The fourth-order valence-corrected chi connectivity index (χ4v) is 9.66. The van der Waals surface area contributed by atoms with Gasteiger partial charge in [-0.25, -0.2) is 17.6 Å². The van der Waals surface area contributed by atoms with Gasteiger partial charge in [-0.15, -0.1) is 0 Å². The van der Waals surface area contributed by atoms with Crippen LogP contribution in [0.1, 0.15) is 84.2 Å². The Morgan fingerprint density at radius 2 is 1.08 bits per heavy atom. The first-order chi connectivity index (χ1) is 34.7. The lowest BCUT2D eigenvalue weighted by molar-refractivity contribution is 0.0233. The molecule has 0 aromatic heterocycles. The first-order valence-corrected chi connectivity index (χ1v) is 24.2. The van der Waals surface area contributed by atoms with Gasteiger partial charge in [0.1, 0.15) is 23.3 Å². The highest BCUT2D eigenvalue weighted by Crippen LogP contribution is 2.40. The minimum absolute atomic E-state index is 0.173. The highest BCUT2D eigenvalue weighted by molar-refractivity contribution is 5.96.